The molecule has 0 aliphatic rings. The second-order valence-corrected chi connectivity index (χ2v) is 5.71. The molecule has 3 rings (SSSR count). The van der Waals surface area contributed by atoms with Crippen LogP contribution < -0.4 is 16.0 Å². The molecule has 0 aliphatic carbocycles. The Morgan fingerprint density at radius 3 is 2.15 bits per heavy atom. The number of nitrogens with one attached hydrogen (secondary N) is 3. The van der Waals surface area contributed by atoms with Gasteiger partial charge in [0.25, 0.3) is 5.91 Å². The molecule has 3 aromatic rings. The molecule has 136 valence electrons. The quantitative estimate of drug-likeness (QED) is 0.622. The molecule has 0 atom stereocenters. The van der Waals surface area contributed by atoms with Crippen LogP contribution in [0.2, 0.25) is 0 Å². The van der Waals surface area contributed by atoms with Crippen LogP contribution in [-0.4, -0.2) is 26.8 Å². The number of nitrogens with zero attached hydrogens (tertiary/aromatic N) is 3. The van der Waals surface area contributed by atoms with Crippen molar-refractivity contribution >= 4 is 29.0 Å². The van der Waals surface area contributed by atoms with Gasteiger partial charge in [0, 0.05) is 37.2 Å². The third-order valence-corrected chi connectivity index (χ3v) is 3.57. The highest BCUT2D eigenvalue weighted by Gasteiger charge is 2.09. The van der Waals surface area contributed by atoms with Crippen LogP contribution in [0.5, 0.6) is 0 Å². The lowest BCUT2D eigenvalue weighted by molar-refractivity contribution is -0.114. The Kier molecular flexibility index (Phi) is 5.68. The van der Waals surface area contributed by atoms with Gasteiger partial charge in [-0.05, 0) is 42.0 Å². The number of pyridine rings is 1. The van der Waals surface area contributed by atoms with Gasteiger partial charge >= 0.3 is 0 Å². The van der Waals surface area contributed by atoms with E-state index in [-0.39, 0.29) is 17.5 Å². The second-order valence-electron chi connectivity index (χ2n) is 5.71. The van der Waals surface area contributed by atoms with Gasteiger partial charge in [-0.25, -0.2) is 9.97 Å². The minimum Gasteiger partial charge on any atom is -0.365 e. The number of amides is 2. The summed E-state index contributed by atoms with van der Waals surface area (Å²) in [4.78, 5) is 35.6. The molecule has 2 amide bonds. The number of carbonyl (C=O) groups is 2. The maximum atomic E-state index is 12.3. The smallest absolute Gasteiger partial charge is 0.275 e. The van der Waals surface area contributed by atoms with E-state index in [1.54, 1.807) is 36.7 Å². The van der Waals surface area contributed by atoms with E-state index >= 15 is 0 Å². The lowest BCUT2D eigenvalue weighted by Gasteiger charge is -2.08. The molecule has 0 bridgehead atoms. The van der Waals surface area contributed by atoms with E-state index in [1.807, 2.05) is 12.1 Å². The van der Waals surface area contributed by atoms with Crippen LogP contribution in [0.15, 0.2) is 61.2 Å². The topological polar surface area (TPSA) is 109 Å². The van der Waals surface area contributed by atoms with Gasteiger partial charge in [-0.2, -0.15) is 0 Å². The van der Waals surface area contributed by atoms with Crippen molar-refractivity contribution in [1.29, 1.82) is 0 Å². The summed E-state index contributed by atoms with van der Waals surface area (Å²) in [6, 6.07) is 10.6. The standard InChI is InChI=1S/C19H18N6O2/c1-13(26)24-15-2-4-16(5-3-15)25-19(27)17-11-23-18(12-21-17)22-10-14-6-8-20-9-7-14/h2-9,11-12H,10H2,1H3,(H,22,23)(H,24,26)(H,25,27). The Bertz CT molecular complexity index is 911. The normalized spacial score (nSPS) is 10.1. The zero-order valence-corrected chi connectivity index (χ0v) is 14.6. The van der Waals surface area contributed by atoms with Gasteiger partial charge in [0.15, 0.2) is 0 Å². The van der Waals surface area contributed by atoms with Crippen LogP contribution in [-0.2, 0) is 11.3 Å². The Balaban J connectivity index is 1.56. The minimum absolute atomic E-state index is 0.153. The largest absolute Gasteiger partial charge is 0.365 e. The molecule has 3 N–H and O–H groups in total. The van der Waals surface area contributed by atoms with Crippen molar-refractivity contribution in [3.8, 4) is 0 Å². The third kappa shape index (κ3) is 5.33. The molecule has 1 aromatic carbocycles. The van der Waals surface area contributed by atoms with Crippen molar-refractivity contribution in [2.75, 3.05) is 16.0 Å². The first-order chi connectivity index (χ1) is 13.1. The fraction of sp³-hybridized carbons (Fsp3) is 0.105. The van der Waals surface area contributed by atoms with Gasteiger partial charge in [0.1, 0.15) is 11.5 Å². The van der Waals surface area contributed by atoms with Crippen LogP contribution in [0.1, 0.15) is 23.0 Å². The molecule has 8 heteroatoms. The van der Waals surface area contributed by atoms with Crippen molar-refractivity contribution in [3.63, 3.8) is 0 Å². The maximum Gasteiger partial charge on any atom is 0.275 e. The molecule has 0 radical (unpaired) electrons. The predicted molar refractivity (Wildman–Crippen MR) is 102 cm³/mol. The highest BCUT2D eigenvalue weighted by atomic mass is 16.2. The summed E-state index contributed by atoms with van der Waals surface area (Å²) >= 11 is 0. The van der Waals surface area contributed by atoms with E-state index in [9.17, 15) is 9.59 Å². The SMILES string of the molecule is CC(=O)Nc1ccc(NC(=O)c2cnc(NCc3ccncc3)cn2)cc1. The van der Waals surface area contributed by atoms with E-state index in [4.69, 9.17) is 0 Å². The number of hydrogen-bond donors (Lipinski definition) is 3. The van der Waals surface area contributed by atoms with Crippen molar-refractivity contribution < 1.29 is 9.59 Å². The van der Waals surface area contributed by atoms with E-state index in [1.165, 1.54) is 19.3 Å². The number of anilines is 3. The van der Waals surface area contributed by atoms with Crippen molar-refractivity contribution in [2.45, 2.75) is 13.5 Å². The number of aromatic nitrogens is 3. The van der Waals surface area contributed by atoms with Gasteiger partial charge in [-0.15, -0.1) is 0 Å². The van der Waals surface area contributed by atoms with Crippen LogP contribution >= 0.6 is 0 Å². The summed E-state index contributed by atoms with van der Waals surface area (Å²) in [5.41, 5.74) is 2.52. The molecule has 2 heterocycles. The summed E-state index contributed by atoms with van der Waals surface area (Å²) < 4.78 is 0. The average Bonchev–Trinajstić information content (AvgIpc) is 2.69. The lowest BCUT2D eigenvalue weighted by Crippen LogP contribution is -2.14. The van der Waals surface area contributed by atoms with Gasteiger partial charge < -0.3 is 16.0 Å². The molecule has 27 heavy (non-hydrogen) atoms. The molecule has 0 spiro atoms. The van der Waals surface area contributed by atoms with Crippen LogP contribution in [0.4, 0.5) is 17.2 Å². The van der Waals surface area contributed by atoms with Crippen molar-refractivity contribution in [1.82, 2.24) is 15.0 Å². The maximum absolute atomic E-state index is 12.3. The minimum atomic E-state index is -0.365. The third-order valence-electron chi connectivity index (χ3n) is 3.57. The zero-order valence-electron chi connectivity index (χ0n) is 14.6. The molecule has 0 saturated heterocycles. The first-order valence-corrected chi connectivity index (χ1v) is 8.24. The van der Waals surface area contributed by atoms with Crippen LogP contribution in [0.25, 0.3) is 0 Å². The molecule has 0 fully saturated rings. The summed E-state index contributed by atoms with van der Waals surface area (Å²) in [7, 11) is 0. The van der Waals surface area contributed by atoms with Gasteiger partial charge in [-0.3, -0.25) is 14.6 Å². The monoisotopic (exact) mass is 362 g/mol. The van der Waals surface area contributed by atoms with Crippen LogP contribution in [0.3, 0.4) is 0 Å². The van der Waals surface area contributed by atoms with E-state index < -0.39 is 0 Å². The van der Waals surface area contributed by atoms with E-state index in [0.29, 0.717) is 23.7 Å². The molecular formula is C19H18N6O2. The lowest BCUT2D eigenvalue weighted by atomic mass is 10.2. The van der Waals surface area contributed by atoms with Gasteiger partial charge in [0.05, 0.1) is 12.4 Å². The first kappa shape index (κ1) is 18.0. The Labute approximate surface area is 156 Å². The summed E-state index contributed by atoms with van der Waals surface area (Å²) in [6.45, 7) is 2.02. The predicted octanol–water partition coefficient (Wildman–Crippen LogP) is 2.69. The van der Waals surface area contributed by atoms with Gasteiger partial charge in [0.2, 0.25) is 5.91 Å². The molecule has 0 aliphatic heterocycles. The average molecular weight is 362 g/mol. The van der Waals surface area contributed by atoms with Gasteiger partial charge in [-0.1, -0.05) is 0 Å². The summed E-state index contributed by atoms with van der Waals surface area (Å²) in [5.74, 6) is 0.0539. The Morgan fingerprint density at radius 1 is 0.889 bits per heavy atom. The Morgan fingerprint density at radius 2 is 1.56 bits per heavy atom. The highest BCUT2D eigenvalue weighted by Crippen LogP contribution is 2.14. The number of hydrogen-bond acceptors (Lipinski definition) is 6. The van der Waals surface area contributed by atoms with E-state index in [2.05, 4.69) is 30.9 Å². The Hall–Kier alpha value is -3.81. The van der Waals surface area contributed by atoms with Crippen molar-refractivity contribution in [2.24, 2.45) is 0 Å². The first-order valence-electron chi connectivity index (χ1n) is 8.24. The fourth-order valence-electron chi connectivity index (χ4n) is 2.27. The molecule has 0 saturated carbocycles. The van der Waals surface area contributed by atoms with Crippen molar-refractivity contribution in [3.05, 3.63) is 72.4 Å². The highest BCUT2D eigenvalue weighted by molar-refractivity contribution is 6.02. The molecule has 0 unspecified atom stereocenters. The fourth-order valence-corrected chi connectivity index (χ4v) is 2.27. The number of benzene rings is 1. The molecular weight excluding hydrogens is 344 g/mol. The number of rotatable bonds is 6. The summed E-state index contributed by atoms with van der Waals surface area (Å²) in [6.07, 6.45) is 6.36. The van der Waals surface area contributed by atoms with E-state index in [0.717, 1.165) is 5.56 Å². The molecule has 2 aromatic heterocycles. The van der Waals surface area contributed by atoms with Crippen LogP contribution in [0, 0.1) is 0 Å². The zero-order chi connectivity index (χ0) is 19.1. The number of carbonyl (C=O) groups excluding carboxylic acids is 2. The molecule has 8 nitrogen and oxygen atoms in total. The second kappa shape index (κ2) is 8.52. The summed E-state index contributed by atoms with van der Waals surface area (Å²) in [5, 5.41) is 8.53.